The second-order valence-corrected chi connectivity index (χ2v) is 7.20. The van der Waals surface area contributed by atoms with Gasteiger partial charge in [-0.25, -0.2) is 20.5 Å². The van der Waals surface area contributed by atoms with Crippen LogP contribution in [-0.4, -0.2) is 19.7 Å². The fraction of sp³-hybridized carbons (Fsp3) is 0.389. The van der Waals surface area contributed by atoms with E-state index in [9.17, 15) is 0 Å². The van der Waals surface area contributed by atoms with E-state index >= 15 is 0 Å². The van der Waals surface area contributed by atoms with E-state index in [1.165, 1.54) is 18.3 Å². The zero-order chi connectivity index (χ0) is 17.4. The molecule has 7 heteroatoms. The van der Waals surface area contributed by atoms with Gasteiger partial charge in [0.2, 0.25) is 0 Å². The van der Waals surface area contributed by atoms with Crippen molar-refractivity contribution in [3.8, 4) is 0 Å². The first-order chi connectivity index (χ1) is 12.2. The number of fused-ring (bicyclic) bond motifs is 1. The Morgan fingerprint density at radius 3 is 2.80 bits per heavy atom. The van der Waals surface area contributed by atoms with Crippen LogP contribution in [0.1, 0.15) is 43.7 Å². The van der Waals surface area contributed by atoms with Crippen LogP contribution in [-0.2, 0) is 0 Å². The van der Waals surface area contributed by atoms with Crippen LogP contribution in [0.4, 0.5) is 5.82 Å². The zero-order valence-electron chi connectivity index (χ0n) is 14.1. The van der Waals surface area contributed by atoms with Gasteiger partial charge in [-0.1, -0.05) is 30.7 Å². The summed E-state index contributed by atoms with van der Waals surface area (Å²) < 4.78 is 2.03. The predicted molar refractivity (Wildman–Crippen MR) is 99.4 cm³/mol. The second-order valence-electron chi connectivity index (χ2n) is 6.76. The number of nitrogen functional groups attached to an aromatic ring is 1. The fourth-order valence-corrected chi connectivity index (χ4v) is 4.08. The van der Waals surface area contributed by atoms with Gasteiger partial charge in [0.25, 0.3) is 0 Å². The molecule has 1 aliphatic carbocycles. The molecule has 1 aliphatic rings. The van der Waals surface area contributed by atoms with Gasteiger partial charge >= 0.3 is 0 Å². The van der Waals surface area contributed by atoms with Crippen LogP contribution in [0.5, 0.6) is 0 Å². The number of aromatic nitrogens is 4. The molecule has 0 aliphatic heterocycles. The van der Waals surface area contributed by atoms with E-state index in [0.29, 0.717) is 23.7 Å². The van der Waals surface area contributed by atoms with Crippen molar-refractivity contribution in [3.63, 3.8) is 0 Å². The maximum Gasteiger partial charge on any atom is 0.163 e. The topological polar surface area (TPSA) is 81.7 Å². The molecule has 3 aromatic rings. The van der Waals surface area contributed by atoms with Crippen LogP contribution in [0.2, 0.25) is 5.02 Å². The zero-order valence-corrected chi connectivity index (χ0v) is 14.8. The monoisotopic (exact) mass is 356 g/mol. The normalized spacial score (nSPS) is 21.6. The molecular formula is C18H21ClN6. The Hall–Kier alpha value is -2.18. The molecular weight excluding hydrogens is 336 g/mol. The summed E-state index contributed by atoms with van der Waals surface area (Å²) in [7, 11) is 0. The van der Waals surface area contributed by atoms with E-state index < -0.39 is 0 Å². The van der Waals surface area contributed by atoms with E-state index in [1.807, 2.05) is 16.8 Å². The fourth-order valence-electron chi connectivity index (χ4n) is 3.95. The van der Waals surface area contributed by atoms with E-state index in [-0.39, 0.29) is 0 Å². The van der Waals surface area contributed by atoms with Gasteiger partial charge in [0.1, 0.15) is 6.33 Å². The number of hydrazine groups is 1. The molecule has 0 bridgehead atoms. The Bertz CT molecular complexity index is 875. The SMILES string of the molecule is CC(c1ccc(Cl)cc1)C1CCC(n2ncc3c(NN)ncnc32)C1. The third-order valence-electron chi connectivity index (χ3n) is 5.42. The van der Waals surface area contributed by atoms with Gasteiger partial charge in [-0.05, 0) is 48.8 Å². The highest BCUT2D eigenvalue weighted by Gasteiger charge is 2.32. The molecule has 3 atom stereocenters. The molecule has 2 heterocycles. The van der Waals surface area contributed by atoms with Crippen LogP contribution in [0.25, 0.3) is 11.0 Å². The minimum atomic E-state index is 0.359. The Labute approximate surface area is 151 Å². The number of benzene rings is 1. The summed E-state index contributed by atoms with van der Waals surface area (Å²) in [4.78, 5) is 8.56. The summed E-state index contributed by atoms with van der Waals surface area (Å²) in [5.41, 5.74) is 4.80. The lowest BCUT2D eigenvalue weighted by atomic mass is 9.86. The molecule has 0 amide bonds. The largest absolute Gasteiger partial charge is 0.308 e. The van der Waals surface area contributed by atoms with Gasteiger partial charge in [-0.2, -0.15) is 5.10 Å². The van der Waals surface area contributed by atoms with Gasteiger partial charge < -0.3 is 5.43 Å². The van der Waals surface area contributed by atoms with E-state index in [0.717, 1.165) is 28.9 Å². The first-order valence-corrected chi connectivity index (χ1v) is 8.95. The minimum Gasteiger partial charge on any atom is -0.308 e. The lowest BCUT2D eigenvalue weighted by molar-refractivity contribution is 0.415. The number of halogens is 1. The first kappa shape index (κ1) is 16.3. The van der Waals surface area contributed by atoms with E-state index in [4.69, 9.17) is 17.4 Å². The Morgan fingerprint density at radius 2 is 2.04 bits per heavy atom. The highest BCUT2D eigenvalue weighted by atomic mass is 35.5. The molecule has 0 spiro atoms. The number of nitrogens with zero attached hydrogens (tertiary/aromatic N) is 4. The van der Waals surface area contributed by atoms with Crippen molar-refractivity contribution in [2.75, 3.05) is 5.43 Å². The van der Waals surface area contributed by atoms with Crippen molar-refractivity contribution in [2.24, 2.45) is 11.8 Å². The predicted octanol–water partition coefficient (Wildman–Crippen LogP) is 3.91. The molecule has 4 rings (SSSR count). The van der Waals surface area contributed by atoms with Crippen LogP contribution < -0.4 is 11.3 Å². The molecule has 3 unspecified atom stereocenters. The molecule has 2 aromatic heterocycles. The Balaban J connectivity index is 1.55. The van der Waals surface area contributed by atoms with Crippen LogP contribution >= 0.6 is 11.6 Å². The molecule has 1 aromatic carbocycles. The third-order valence-corrected chi connectivity index (χ3v) is 5.67. The maximum absolute atomic E-state index is 6.01. The first-order valence-electron chi connectivity index (χ1n) is 8.57. The number of anilines is 1. The third kappa shape index (κ3) is 2.96. The molecule has 0 saturated heterocycles. The molecule has 1 saturated carbocycles. The molecule has 1 fully saturated rings. The van der Waals surface area contributed by atoms with Crippen molar-refractivity contribution in [1.29, 1.82) is 0 Å². The second kappa shape index (κ2) is 6.61. The van der Waals surface area contributed by atoms with Crippen molar-refractivity contribution in [1.82, 2.24) is 19.7 Å². The molecule has 3 N–H and O–H groups in total. The minimum absolute atomic E-state index is 0.359. The van der Waals surface area contributed by atoms with Crippen LogP contribution in [0.15, 0.2) is 36.8 Å². The summed E-state index contributed by atoms with van der Waals surface area (Å²) in [5.74, 6) is 7.26. The number of hydrogen-bond donors (Lipinski definition) is 2. The van der Waals surface area contributed by atoms with Crippen molar-refractivity contribution >= 4 is 28.5 Å². The smallest absolute Gasteiger partial charge is 0.163 e. The van der Waals surface area contributed by atoms with Crippen molar-refractivity contribution < 1.29 is 0 Å². The van der Waals surface area contributed by atoms with Crippen molar-refractivity contribution in [3.05, 3.63) is 47.4 Å². The molecule has 25 heavy (non-hydrogen) atoms. The Morgan fingerprint density at radius 1 is 1.24 bits per heavy atom. The Kier molecular flexibility index (Phi) is 4.31. The van der Waals surface area contributed by atoms with Crippen LogP contribution in [0, 0.1) is 5.92 Å². The molecule has 0 radical (unpaired) electrons. The summed E-state index contributed by atoms with van der Waals surface area (Å²) in [6.45, 7) is 2.30. The highest BCUT2D eigenvalue weighted by molar-refractivity contribution is 6.30. The summed E-state index contributed by atoms with van der Waals surface area (Å²) >= 11 is 6.01. The lowest BCUT2D eigenvalue weighted by Crippen LogP contribution is -2.12. The molecule has 6 nitrogen and oxygen atoms in total. The average Bonchev–Trinajstić information content (AvgIpc) is 3.28. The number of hydrogen-bond acceptors (Lipinski definition) is 5. The van der Waals surface area contributed by atoms with Gasteiger partial charge in [0, 0.05) is 5.02 Å². The van der Waals surface area contributed by atoms with Gasteiger partial charge in [0.15, 0.2) is 11.5 Å². The van der Waals surface area contributed by atoms with Crippen LogP contribution in [0.3, 0.4) is 0 Å². The van der Waals surface area contributed by atoms with E-state index in [2.05, 4.69) is 39.5 Å². The number of nitrogens with one attached hydrogen (secondary N) is 1. The van der Waals surface area contributed by atoms with Gasteiger partial charge in [-0.3, -0.25) is 0 Å². The maximum atomic E-state index is 6.01. The number of nitrogens with two attached hydrogens (primary N) is 1. The van der Waals surface area contributed by atoms with E-state index in [1.54, 1.807) is 6.20 Å². The van der Waals surface area contributed by atoms with Crippen molar-refractivity contribution in [2.45, 2.75) is 38.1 Å². The molecule has 130 valence electrons. The average molecular weight is 357 g/mol. The lowest BCUT2D eigenvalue weighted by Gasteiger charge is -2.20. The summed E-state index contributed by atoms with van der Waals surface area (Å²) in [6, 6.07) is 8.57. The quantitative estimate of drug-likeness (QED) is 0.547. The summed E-state index contributed by atoms with van der Waals surface area (Å²) in [6.07, 6.45) is 6.70. The highest BCUT2D eigenvalue weighted by Crippen LogP contribution is 2.43. The van der Waals surface area contributed by atoms with Gasteiger partial charge in [0.05, 0.1) is 17.6 Å². The summed E-state index contributed by atoms with van der Waals surface area (Å²) in [5, 5.41) is 6.21. The van der Waals surface area contributed by atoms with Gasteiger partial charge in [-0.15, -0.1) is 0 Å². The number of rotatable bonds is 4. The standard InChI is InChI=1S/C18H21ClN6/c1-11(12-2-5-14(19)6-3-12)13-4-7-15(8-13)25-18-16(9-23-25)17(24-20)21-10-22-18/h2-3,5-6,9-11,13,15H,4,7-8,20H2,1H3,(H,21,22,24).